The molecule has 1 N–H and O–H groups in total. The van der Waals surface area contributed by atoms with Gasteiger partial charge in [0.25, 0.3) is 0 Å². The summed E-state index contributed by atoms with van der Waals surface area (Å²) in [4.78, 5) is 2.63. The first-order valence-electron chi connectivity index (χ1n) is 6.77. The van der Waals surface area contributed by atoms with Crippen LogP contribution in [-0.2, 0) is 4.74 Å². The molecule has 1 aliphatic rings. The molecule has 1 fully saturated rings. The molecule has 3 heteroatoms. The standard InChI is InChI=1S/C13H28N2O/c1-13-7-11-15(10-6-8-14-13)9-4-3-5-12-16-2/h13-14H,3-12H2,1-2H3. The van der Waals surface area contributed by atoms with E-state index in [1.54, 1.807) is 7.11 Å². The third-order valence-electron chi connectivity index (χ3n) is 3.35. The Bertz CT molecular complexity index is 164. The number of methoxy groups -OCH3 is 1. The third-order valence-corrected chi connectivity index (χ3v) is 3.35. The molecule has 96 valence electrons. The minimum absolute atomic E-state index is 0.691. The average Bonchev–Trinajstić information content (AvgIpc) is 2.27. The van der Waals surface area contributed by atoms with Crippen molar-refractivity contribution in [1.82, 2.24) is 10.2 Å². The Morgan fingerprint density at radius 3 is 2.94 bits per heavy atom. The monoisotopic (exact) mass is 228 g/mol. The second-order valence-corrected chi connectivity index (χ2v) is 4.89. The summed E-state index contributed by atoms with van der Waals surface area (Å²) in [6.07, 6.45) is 6.42. The molecule has 3 nitrogen and oxygen atoms in total. The maximum atomic E-state index is 5.06. The molecule has 1 aliphatic heterocycles. The summed E-state index contributed by atoms with van der Waals surface area (Å²) in [6, 6.07) is 0.691. The van der Waals surface area contributed by atoms with Gasteiger partial charge in [-0.05, 0) is 65.2 Å². The zero-order valence-electron chi connectivity index (χ0n) is 11.0. The lowest BCUT2D eigenvalue weighted by Gasteiger charge is -2.27. The molecule has 1 heterocycles. The number of ether oxygens (including phenoxy) is 1. The average molecular weight is 228 g/mol. The zero-order chi connectivity index (χ0) is 11.6. The Balaban J connectivity index is 2.05. The van der Waals surface area contributed by atoms with Crippen molar-refractivity contribution in [1.29, 1.82) is 0 Å². The fourth-order valence-electron chi connectivity index (χ4n) is 2.22. The van der Waals surface area contributed by atoms with Crippen molar-refractivity contribution in [2.45, 2.75) is 45.1 Å². The minimum atomic E-state index is 0.691. The van der Waals surface area contributed by atoms with Gasteiger partial charge in [-0.3, -0.25) is 0 Å². The first-order valence-corrected chi connectivity index (χ1v) is 6.77. The van der Waals surface area contributed by atoms with Crippen molar-refractivity contribution >= 4 is 0 Å². The molecule has 0 amide bonds. The summed E-state index contributed by atoms with van der Waals surface area (Å²) in [5.74, 6) is 0. The van der Waals surface area contributed by atoms with E-state index in [-0.39, 0.29) is 0 Å². The Hall–Kier alpha value is -0.120. The smallest absolute Gasteiger partial charge is 0.0462 e. The van der Waals surface area contributed by atoms with Gasteiger partial charge in [0.2, 0.25) is 0 Å². The number of hydrogen-bond acceptors (Lipinski definition) is 3. The van der Waals surface area contributed by atoms with Crippen molar-refractivity contribution in [3.05, 3.63) is 0 Å². The van der Waals surface area contributed by atoms with Crippen LogP contribution < -0.4 is 5.32 Å². The fourth-order valence-corrected chi connectivity index (χ4v) is 2.22. The summed E-state index contributed by atoms with van der Waals surface area (Å²) in [5.41, 5.74) is 0. The number of rotatable bonds is 6. The zero-order valence-corrected chi connectivity index (χ0v) is 11.0. The molecular weight excluding hydrogens is 200 g/mol. The third kappa shape index (κ3) is 6.46. The lowest BCUT2D eigenvalue weighted by molar-refractivity contribution is 0.187. The van der Waals surface area contributed by atoms with Gasteiger partial charge in [0.05, 0.1) is 0 Å². The van der Waals surface area contributed by atoms with Crippen LogP contribution in [0.4, 0.5) is 0 Å². The van der Waals surface area contributed by atoms with E-state index in [9.17, 15) is 0 Å². The molecule has 0 bridgehead atoms. The van der Waals surface area contributed by atoms with Crippen molar-refractivity contribution in [3.63, 3.8) is 0 Å². The maximum absolute atomic E-state index is 5.06. The summed E-state index contributed by atoms with van der Waals surface area (Å²) < 4.78 is 5.06. The largest absolute Gasteiger partial charge is 0.385 e. The van der Waals surface area contributed by atoms with Gasteiger partial charge >= 0.3 is 0 Å². The highest BCUT2D eigenvalue weighted by molar-refractivity contribution is 4.69. The molecule has 16 heavy (non-hydrogen) atoms. The molecular formula is C13H28N2O. The molecule has 0 aromatic rings. The quantitative estimate of drug-likeness (QED) is 0.703. The molecule has 1 saturated heterocycles. The first-order chi connectivity index (χ1) is 7.83. The molecule has 1 unspecified atom stereocenters. The predicted octanol–water partition coefficient (Wildman–Crippen LogP) is 1.88. The molecule has 0 saturated carbocycles. The highest BCUT2D eigenvalue weighted by Crippen LogP contribution is 2.05. The van der Waals surface area contributed by atoms with Crippen LogP contribution in [0.2, 0.25) is 0 Å². The Kier molecular flexibility index (Phi) is 7.81. The second kappa shape index (κ2) is 8.97. The predicted molar refractivity (Wildman–Crippen MR) is 68.9 cm³/mol. The molecule has 0 aliphatic carbocycles. The number of unbranched alkanes of at least 4 members (excludes halogenated alkanes) is 2. The Morgan fingerprint density at radius 2 is 2.12 bits per heavy atom. The van der Waals surface area contributed by atoms with Gasteiger partial charge in [0, 0.05) is 19.8 Å². The molecule has 0 radical (unpaired) electrons. The normalized spacial score (nSPS) is 24.0. The van der Waals surface area contributed by atoms with Gasteiger partial charge in [-0.1, -0.05) is 0 Å². The topological polar surface area (TPSA) is 24.5 Å². The van der Waals surface area contributed by atoms with Gasteiger partial charge in [0.15, 0.2) is 0 Å². The second-order valence-electron chi connectivity index (χ2n) is 4.89. The van der Waals surface area contributed by atoms with Gasteiger partial charge in [-0.2, -0.15) is 0 Å². The molecule has 0 aromatic heterocycles. The number of nitrogens with zero attached hydrogens (tertiary/aromatic N) is 1. The van der Waals surface area contributed by atoms with Gasteiger partial charge in [0.1, 0.15) is 0 Å². The highest BCUT2D eigenvalue weighted by Gasteiger charge is 2.10. The van der Waals surface area contributed by atoms with E-state index in [4.69, 9.17) is 4.74 Å². The minimum Gasteiger partial charge on any atom is -0.385 e. The van der Waals surface area contributed by atoms with Crippen LogP contribution in [0.5, 0.6) is 0 Å². The van der Waals surface area contributed by atoms with E-state index in [2.05, 4.69) is 17.1 Å². The maximum Gasteiger partial charge on any atom is 0.0462 e. The molecule has 1 rings (SSSR count). The summed E-state index contributed by atoms with van der Waals surface area (Å²) in [5, 5.41) is 3.55. The molecule has 0 aromatic carbocycles. The van der Waals surface area contributed by atoms with Gasteiger partial charge in [-0.25, -0.2) is 0 Å². The van der Waals surface area contributed by atoms with Crippen LogP contribution in [0, 0.1) is 0 Å². The fraction of sp³-hybridized carbons (Fsp3) is 1.00. The Labute approximate surface area is 101 Å². The van der Waals surface area contributed by atoms with E-state index < -0.39 is 0 Å². The molecule has 1 atom stereocenters. The Morgan fingerprint density at radius 1 is 1.25 bits per heavy atom. The van der Waals surface area contributed by atoms with Crippen LogP contribution in [-0.4, -0.2) is 50.8 Å². The van der Waals surface area contributed by atoms with Crippen LogP contribution in [0.15, 0.2) is 0 Å². The molecule has 0 spiro atoms. The van der Waals surface area contributed by atoms with Crippen LogP contribution in [0.1, 0.15) is 39.0 Å². The SMILES string of the molecule is COCCCCCN1CCCNC(C)CC1. The van der Waals surface area contributed by atoms with E-state index in [0.717, 1.165) is 6.61 Å². The van der Waals surface area contributed by atoms with Crippen molar-refractivity contribution in [2.75, 3.05) is 39.9 Å². The van der Waals surface area contributed by atoms with Crippen LogP contribution in [0.3, 0.4) is 0 Å². The lowest BCUT2D eigenvalue weighted by atomic mass is 10.1. The van der Waals surface area contributed by atoms with Gasteiger partial charge in [-0.15, -0.1) is 0 Å². The number of nitrogens with one attached hydrogen (secondary N) is 1. The summed E-state index contributed by atoms with van der Waals surface area (Å²) in [7, 11) is 1.78. The van der Waals surface area contributed by atoms with Crippen molar-refractivity contribution in [3.8, 4) is 0 Å². The van der Waals surface area contributed by atoms with E-state index in [1.165, 1.54) is 58.3 Å². The van der Waals surface area contributed by atoms with Crippen LogP contribution in [0.25, 0.3) is 0 Å². The van der Waals surface area contributed by atoms with Crippen LogP contribution >= 0.6 is 0 Å². The van der Waals surface area contributed by atoms with Crippen molar-refractivity contribution < 1.29 is 4.74 Å². The lowest BCUT2D eigenvalue weighted by Crippen LogP contribution is -2.38. The van der Waals surface area contributed by atoms with E-state index >= 15 is 0 Å². The van der Waals surface area contributed by atoms with Gasteiger partial charge < -0.3 is 15.0 Å². The first kappa shape index (κ1) is 13.9. The van der Waals surface area contributed by atoms with Crippen molar-refractivity contribution in [2.24, 2.45) is 0 Å². The van der Waals surface area contributed by atoms with E-state index in [0.29, 0.717) is 6.04 Å². The summed E-state index contributed by atoms with van der Waals surface area (Å²) in [6.45, 7) is 8.20. The highest BCUT2D eigenvalue weighted by atomic mass is 16.5. The van der Waals surface area contributed by atoms with E-state index in [1.807, 2.05) is 0 Å². The number of hydrogen-bond donors (Lipinski definition) is 1. The summed E-state index contributed by atoms with van der Waals surface area (Å²) >= 11 is 0.